The Kier molecular flexibility index (Phi) is 6.51. The van der Waals surface area contributed by atoms with Gasteiger partial charge < -0.3 is 15.0 Å². The molecule has 150 valence electrons. The topological polar surface area (TPSA) is 93.2 Å². The fourth-order valence-electron chi connectivity index (χ4n) is 2.79. The molecule has 0 aliphatic rings. The van der Waals surface area contributed by atoms with E-state index in [0.29, 0.717) is 29.2 Å². The largest absolute Gasteiger partial charge is 0.452 e. The Morgan fingerprint density at radius 1 is 1.10 bits per heavy atom. The molecular formula is C21H20ClN3O4. The average molecular weight is 414 g/mol. The van der Waals surface area contributed by atoms with Gasteiger partial charge in [-0.05, 0) is 55.3 Å². The van der Waals surface area contributed by atoms with Crippen LogP contribution < -0.4 is 11.0 Å². The number of hydrogen-bond acceptors (Lipinski definition) is 4. The van der Waals surface area contributed by atoms with Crippen molar-refractivity contribution >= 4 is 23.5 Å². The standard InChI is InChI=1S/C21H20ClN3O4/c1-14-12-24-21(28)25(14)18-8-4-16(5-9-18)20(27)29-13-19(26)23-11-10-15-2-6-17(22)7-3-15/h2-9,12H,10-11,13H2,1H3,(H,23,26)(H,24,28). The quantitative estimate of drug-likeness (QED) is 0.582. The van der Waals surface area contributed by atoms with Gasteiger partial charge in [0, 0.05) is 23.5 Å². The number of carbonyl (C=O) groups excluding carboxylic acids is 2. The normalized spacial score (nSPS) is 10.6. The van der Waals surface area contributed by atoms with Crippen molar-refractivity contribution in [2.45, 2.75) is 13.3 Å². The number of rotatable bonds is 7. The van der Waals surface area contributed by atoms with Gasteiger partial charge in [-0.15, -0.1) is 0 Å². The van der Waals surface area contributed by atoms with Crippen LogP contribution in [0.5, 0.6) is 0 Å². The summed E-state index contributed by atoms with van der Waals surface area (Å²) in [5.41, 5.74) is 2.46. The summed E-state index contributed by atoms with van der Waals surface area (Å²) in [5, 5.41) is 3.36. The summed E-state index contributed by atoms with van der Waals surface area (Å²) in [6, 6.07) is 13.8. The Morgan fingerprint density at radius 3 is 2.41 bits per heavy atom. The zero-order valence-corrected chi connectivity index (χ0v) is 16.5. The third-order valence-corrected chi connectivity index (χ3v) is 4.56. The number of aromatic nitrogens is 2. The molecule has 0 aliphatic heterocycles. The summed E-state index contributed by atoms with van der Waals surface area (Å²) >= 11 is 5.83. The average Bonchev–Trinajstić information content (AvgIpc) is 3.06. The number of carbonyl (C=O) groups is 2. The number of benzene rings is 2. The number of ether oxygens (including phenoxy) is 1. The fraction of sp³-hybridized carbons (Fsp3) is 0.190. The van der Waals surface area contributed by atoms with E-state index in [9.17, 15) is 14.4 Å². The van der Waals surface area contributed by atoms with Crippen LogP contribution in [0.3, 0.4) is 0 Å². The van der Waals surface area contributed by atoms with Gasteiger partial charge in [0.1, 0.15) is 0 Å². The first-order valence-electron chi connectivity index (χ1n) is 9.00. The summed E-state index contributed by atoms with van der Waals surface area (Å²) in [7, 11) is 0. The number of aryl methyl sites for hydroxylation is 1. The van der Waals surface area contributed by atoms with Crippen molar-refractivity contribution in [3.63, 3.8) is 0 Å². The Hall–Kier alpha value is -3.32. The lowest BCUT2D eigenvalue weighted by Gasteiger charge is -2.08. The molecule has 0 aliphatic carbocycles. The molecule has 0 saturated carbocycles. The zero-order valence-electron chi connectivity index (χ0n) is 15.8. The van der Waals surface area contributed by atoms with Gasteiger partial charge in [0.15, 0.2) is 6.61 Å². The number of amides is 1. The number of H-pyrrole nitrogens is 1. The van der Waals surface area contributed by atoms with Gasteiger partial charge in [-0.3, -0.25) is 9.36 Å². The first kappa shape index (κ1) is 20.4. The highest BCUT2D eigenvalue weighted by Gasteiger charge is 2.11. The first-order chi connectivity index (χ1) is 13.9. The number of aromatic amines is 1. The molecule has 3 rings (SSSR count). The summed E-state index contributed by atoms with van der Waals surface area (Å²) in [6.07, 6.45) is 2.26. The smallest absolute Gasteiger partial charge is 0.338 e. The predicted molar refractivity (Wildman–Crippen MR) is 110 cm³/mol. The molecule has 2 N–H and O–H groups in total. The summed E-state index contributed by atoms with van der Waals surface area (Å²) in [6.45, 7) is 1.86. The number of halogens is 1. The maximum absolute atomic E-state index is 12.1. The molecule has 1 amide bonds. The third kappa shape index (κ3) is 5.36. The van der Waals surface area contributed by atoms with Gasteiger partial charge in [0.05, 0.1) is 11.3 Å². The molecule has 1 aromatic heterocycles. The molecule has 7 nitrogen and oxygen atoms in total. The van der Waals surface area contributed by atoms with Crippen LogP contribution in [0.25, 0.3) is 5.69 Å². The maximum Gasteiger partial charge on any atom is 0.338 e. The molecule has 1 heterocycles. The summed E-state index contributed by atoms with van der Waals surface area (Å²) in [5.74, 6) is -0.985. The lowest BCUT2D eigenvalue weighted by atomic mass is 10.1. The van der Waals surface area contributed by atoms with E-state index >= 15 is 0 Å². The van der Waals surface area contributed by atoms with Crippen LogP contribution in [-0.2, 0) is 16.0 Å². The number of imidazole rings is 1. The second-order valence-electron chi connectivity index (χ2n) is 6.42. The Bertz CT molecular complexity index is 1050. The van der Waals surface area contributed by atoms with Crippen LogP contribution in [0.2, 0.25) is 5.02 Å². The number of nitrogens with zero attached hydrogens (tertiary/aromatic N) is 1. The second-order valence-corrected chi connectivity index (χ2v) is 6.86. The molecule has 0 unspecified atom stereocenters. The minimum Gasteiger partial charge on any atom is -0.452 e. The van der Waals surface area contributed by atoms with Gasteiger partial charge >= 0.3 is 11.7 Å². The van der Waals surface area contributed by atoms with Gasteiger partial charge in [-0.25, -0.2) is 9.59 Å². The second kappa shape index (κ2) is 9.25. The van der Waals surface area contributed by atoms with E-state index in [-0.39, 0.29) is 18.2 Å². The first-order valence-corrected chi connectivity index (χ1v) is 9.37. The van der Waals surface area contributed by atoms with E-state index in [1.54, 1.807) is 49.5 Å². The number of esters is 1. The van der Waals surface area contributed by atoms with Gasteiger partial charge in [-0.1, -0.05) is 23.7 Å². The molecule has 0 atom stereocenters. The molecule has 8 heteroatoms. The molecule has 0 radical (unpaired) electrons. The zero-order chi connectivity index (χ0) is 20.8. The summed E-state index contributed by atoms with van der Waals surface area (Å²) in [4.78, 5) is 38.4. The van der Waals surface area contributed by atoms with Gasteiger partial charge in [-0.2, -0.15) is 0 Å². The van der Waals surface area contributed by atoms with Crippen molar-refractivity contribution in [1.82, 2.24) is 14.9 Å². The Balaban J connectivity index is 1.47. The minimum absolute atomic E-state index is 0.256. The van der Waals surface area contributed by atoms with E-state index in [1.165, 1.54) is 4.57 Å². The van der Waals surface area contributed by atoms with Crippen LogP contribution in [0, 0.1) is 6.92 Å². The molecule has 0 bridgehead atoms. The highest BCUT2D eigenvalue weighted by molar-refractivity contribution is 6.30. The molecule has 0 saturated heterocycles. The van der Waals surface area contributed by atoms with Crippen molar-refractivity contribution in [2.24, 2.45) is 0 Å². The van der Waals surface area contributed by atoms with E-state index in [4.69, 9.17) is 16.3 Å². The van der Waals surface area contributed by atoms with Crippen molar-refractivity contribution in [3.8, 4) is 5.69 Å². The van der Waals surface area contributed by atoms with Crippen molar-refractivity contribution in [2.75, 3.05) is 13.2 Å². The number of nitrogens with one attached hydrogen (secondary N) is 2. The lowest BCUT2D eigenvalue weighted by molar-refractivity contribution is -0.124. The van der Waals surface area contributed by atoms with E-state index in [2.05, 4.69) is 10.3 Å². The monoisotopic (exact) mass is 413 g/mol. The van der Waals surface area contributed by atoms with Crippen molar-refractivity contribution in [1.29, 1.82) is 0 Å². The van der Waals surface area contributed by atoms with Crippen LogP contribution in [-0.4, -0.2) is 34.6 Å². The van der Waals surface area contributed by atoms with Crippen LogP contribution in [0.15, 0.2) is 59.5 Å². The predicted octanol–water partition coefficient (Wildman–Crippen LogP) is 2.64. The fourth-order valence-corrected chi connectivity index (χ4v) is 2.91. The van der Waals surface area contributed by atoms with Crippen LogP contribution >= 0.6 is 11.6 Å². The molecule has 3 aromatic rings. The third-order valence-electron chi connectivity index (χ3n) is 4.30. The van der Waals surface area contributed by atoms with Gasteiger partial charge in [0.2, 0.25) is 0 Å². The van der Waals surface area contributed by atoms with E-state index in [0.717, 1.165) is 11.3 Å². The highest BCUT2D eigenvalue weighted by atomic mass is 35.5. The van der Waals surface area contributed by atoms with Crippen LogP contribution in [0.1, 0.15) is 21.6 Å². The Labute approximate surface area is 172 Å². The minimum atomic E-state index is -0.609. The number of hydrogen-bond donors (Lipinski definition) is 2. The summed E-state index contributed by atoms with van der Waals surface area (Å²) < 4.78 is 6.53. The Morgan fingerprint density at radius 2 is 1.79 bits per heavy atom. The van der Waals surface area contributed by atoms with Crippen LogP contribution in [0.4, 0.5) is 0 Å². The lowest BCUT2D eigenvalue weighted by Crippen LogP contribution is -2.30. The molecule has 2 aromatic carbocycles. The highest BCUT2D eigenvalue weighted by Crippen LogP contribution is 2.11. The molecule has 0 spiro atoms. The van der Waals surface area contributed by atoms with Crippen molar-refractivity contribution in [3.05, 3.63) is 87.1 Å². The van der Waals surface area contributed by atoms with E-state index in [1.807, 2.05) is 12.1 Å². The van der Waals surface area contributed by atoms with Gasteiger partial charge in [0.25, 0.3) is 5.91 Å². The SMILES string of the molecule is Cc1c[nH]c(=O)n1-c1ccc(C(=O)OCC(=O)NCCc2ccc(Cl)cc2)cc1. The molecule has 29 heavy (non-hydrogen) atoms. The van der Waals surface area contributed by atoms with Crippen molar-refractivity contribution < 1.29 is 14.3 Å². The molecule has 0 fully saturated rings. The van der Waals surface area contributed by atoms with E-state index < -0.39 is 5.97 Å². The molecular weight excluding hydrogens is 394 g/mol. The maximum atomic E-state index is 12.1.